The van der Waals surface area contributed by atoms with Gasteiger partial charge in [0.15, 0.2) is 11.6 Å². The van der Waals surface area contributed by atoms with E-state index in [1.165, 1.54) is 12.8 Å². The second kappa shape index (κ2) is 5.53. The molecule has 1 saturated carbocycles. The molecule has 1 saturated heterocycles. The average molecular weight is 334 g/mol. The third-order valence-corrected chi connectivity index (χ3v) is 4.92. The summed E-state index contributed by atoms with van der Waals surface area (Å²) in [7, 11) is 0. The lowest BCUT2D eigenvalue weighted by atomic mass is 10.0. The topological polar surface area (TPSA) is 79.2 Å². The Hall–Kier alpha value is -2.08. The number of H-pyrrole nitrogens is 1. The molecule has 2 aliphatic rings. The monoisotopic (exact) mass is 333 g/mol. The summed E-state index contributed by atoms with van der Waals surface area (Å²) in [4.78, 5) is 28.3. The van der Waals surface area contributed by atoms with E-state index in [0.29, 0.717) is 22.8 Å². The number of halogens is 1. The van der Waals surface area contributed by atoms with Gasteiger partial charge in [0.2, 0.25) is 0 Å². The van der Waals surface area contributed by atoms with Crippen molar-refractivity contribution in [1.29, 1.82) is 0 Å². The molecule has 7 heteroatoms. The normalized spacial score (nSPS) is 23.3. The molecule has 1 aromatic carbocycles. The molecule has 23 heavy (non-hydrogen) atoms. The molecule has 4 rings (SSSR count). The Morgan fingerprint density at radius 2 is 2.13 bits per heavy atom. The van der Waals surface area contributed by atoms with Gasteiger partial charge in [-0.15, -0.1) is 0 Å². The smallest absolute Gasteiger partial charge is 0.370 e. The van der Waals surface area contributed by atoms with Crippen LogP contribution in [0.4, 0.5) is 5.69 Å². The van der Waals surface area contributed by atoms with E-state index in [1.807, 2.05) is 12.1 Å². The molecule has 2 heterocycles. The van der Waals surface area contributed by atoms with Crippen LogP contribution >= 0.6 is 11.6 Å². The summed E-state index contributed by atoms with van der Waals surface area (Å²) < 4.78 is 4.49. The fourth-order valence-corrected chi connectivity index (χ4v) is 3.58. The molecule has 2 atom stereocenters. The minimum absolute atomic E-state index is 0.0359. The van der Waals surface area contributed by atoms with E-state index in [4.69, 9.17) is 11.6 Å². The maximum Gasteiger partial charge on any atom is 0.438 e. The summed E-state index contributed by atoms with van der Waals surface area (Å²) in [5.74, 6) is -0.326. The first-order valence-electron chi connectivity index (χ1n) is 7.78. The molecule has 1 aliphatic carbocycles. The van der Waals surface area contributed by atoms with Crippen molar-refractivity contribution in [1.82, 2.24) is 10.1 Å². The minimum Gasteiger partial charge on any atom is -0.370 e. The van der Waals surface area contributed by atoms with Crippen LogP contribution in [-0.2, 0) is 0 Å². The molecule has 120 valence electrons. The summed E-state index contributed by atoms with van der Waals surface area (Å²) in [6.45, 7) is 2.02. The molecule has 1 aliphatic heterocycles. The molecule has 2 fully saturated rings. The van der Waals surface area contributed by atoms with Gasteiger partial charge in [-0.25, -0.2) is 4.79 Å². The van der Waals surface area contributed by atoms with Gasteiger partial charge >= 0.3 is 5.76 Å². The number of benzene rings is 1. The van der Waals surface area contributed by atoms with Crippen molar-refractivity contribution < 1.29 is 9.32 Å². The highest BCUT2D eigenvalue weighted by atomic mass is 35.5. The van der Waals surface area contributed by atoms with Crippen LogP contribution in [0.15, 0.2) is 27.5 Å². The van der Waals surface area contributed by atoms with Gasteiger partial charge in [-0.1, -0.05) is 16.8 Å². The van der Waals surface area contributed by atoms with E-state index in [2.05, 4.69) is 19.6 Å². The van der Waals surface area contributed by atoms with E-state index >= 15 is 0 Å². The molecule has 1 N–H and O–H groups in total. The lowest BCUT2D eigenvalue weighted by molar-refractivity contribution is 0.0964. The predicted molar refractivity (Wildman–Crippen MR) is 85.2 cm³/mol. The first kappa shape index (κ1) is 14.5. The molecule has 2 unspecified atom stereocenters. The SMILES string of the molecule is O=C(c1ccc(N2CCCC2)c(Cl)c1)C1CC1c1noc(=O)[nH]1. The molecule has 0 spiro atoms. The van der Waals surface area contributed by atoms with Crippen molar-refractivity contribution in [2.45, 2.75) is 25.2 Å². The zero-order valence-electron chi connectivity index (χ0n) is 12.4. The number of hydrogen-bond acceptors (Lipinski definition) is 5. The van der Waals surface area contributed by atoms with Crippen LogP contribution < -0.4 is 10.7 Å². The van der Waals surface area contributed by atoms with Crippen LogP contribution in [0.2, 0.25) is 5.02 Å². The fraction of sp³-hybridized carbons (Fsp3) is 0.438. The summed E-state index contributed by atoms with van der Waals surface area (Å²) in [5.41, 5.74) is 1.60. The Labute approximate surface area is 137 Å². The van der Waals surface area contributed by atoms with Crippen LogP contribution in [-0.4, -0.2) is 29.0 Å². The molecular formula is C16H16ClN3O3. The third-order valence-electron chi connectivity index (χ3n) is 4.61. The van der Waals surface area contributed by atoms with Crippen LogP contribution in [0.25, 0.3) is 0 Å². The average Bonchev–Trinajstić information content (AvgIpc) is 2.94. The zero-order chi connectivity index (χ0) is 16.0. The molecule has 1 aromatic heterocycles. The maximum atomic E-state index is 12.6. The number of hydrogen-bond donors (Lipinski definition) is 1. The fourth-order valence-electron chi connectivity index (χ4n) is 3.28. The van der Waals surface area contributed by atoms with Crippen molar-refractivity contribution in [3.63, 3.8) is 0 Å². The number of carbonyl (C=O) groups excluding carboxylic acids is 1. The van der Waals surface area contributed by atoms with Gasteiger partial charge in [0, 0.05) is 30.5 Å². The van der Waals surface area contributed by atoms with E-state index < -0.39 is 5.76 Å². The Morgan fingerprint density at radius 1 is 1.35 bits per heavy atom. The number of anilines is 1. The first-order chi connectivity index (χ1) is 11.1. The summed E-state index contributed by atoms with van der Waals surface area (Å²) in [5, 5.41) is 4.28. The van der Waals surface area contributed by atoms with Crippen LogP contribution in [0.5, 0.6) is 0 Å². The third kappa shape index (κ3) is 2.67. The van der Waals surface area contributed by atoms with Crippen LogP contribution in [0.3, 0.4) is 0 Å². The molecule has 2 aromatic rings. The summed E-state index contributed by atoms with van der Waals surface area (Å²) in [6.07, 6.45) is 3.03. The highest BCUT2D eigenvalue weighted by Gasteiger charge is 2.46. The van der Waals surface area contributed by atoms with Gasteiger partial charge in [-0.2, -0.15) is 0 Å². The van der Waals surface area contributed by atoms with E-state index in [-0.39, 0.29) is 17.6 Å². The minimum atomic E-state index is -0.587. The molecule has 6 nitrogen and oxygen atoms in total. The number of ketones is 1. The Morgan fingerprint density at radius 3 is 2.78 bits per heavy atom. The highest BCUT2D eigenvalue weighted by molar-refractivity contribution is 6.33. The van der Waals surface area contributed by atoms with Crippen molar-refractivity contribution in [2.24, 2.45) is 5.92 Å². The van der Waals surface area contributed by atoms with Gasteiger partial charge in [-0.3, -0.25) is 14.3 Å². The maximum absolute atomic E-state index is 12.6. The number of aromatic nitrogens is 2. The number of aromatic amines is 1. The van der Waals surface area contributed by atoms with E-state index in [1.54, 1.807) is 6.07 Å². The quantitative estimate of drug-likeness (QED) is 0.870. The van der Waals surface area contributed by atoms with Gasteiger partial charge in [0.25, 0.3) is 0 Å². The largest absolute Gasteiger partial charge is 0.438 e. The summed E-state index contributed by atoms with van der Waals surface area (Å²) >= 11 is 6.37. The Balaban J connectivity index is 1.51. The van der Waals surface area contributed by atoms with Gasteiger partial charge in [0.05, 0.1) is 10.7 Å². The van der Waals surface area contributed by atoms with Gasteiger partial charge < -0.3 is 4.90 Å². The molecular weight excluding hydrogens is 318 g/mol. The number of nitrogens with zero attached hydrogens (tertiary/aromatic N) is 2. The van der Waals surface area contributed by atoms with Gasteiger partial charge in [0.1, 0.15) is 0 Å². The number of Topliss-reactive ketones (excluding diaryl/α,β-unsaturated/α-hetero) is 1. The van der Waals surface area contributed by atoms with E-state index in [0.717, 1.165) is 18.8 Å². The van der Waals surface area contributed by atoms with E-state index in [9.17, 15) is 9.59 Å². The second-order valence-corrected chi connectivity index (χ2v) is 6.56. The van der Waals surface area contributed by atoms with Crippen LogP contribution in [0, 0.1) is 5.92 Å². The number of nitrogens with one attached hydrogen (secondary N) is 1. The molecule has 0 amide bonds. The predicted octanol–water partition coefficient (Wildman–Crippen LogP) is 2.60. The number of carbonyl (C=O) groups is 1. The lowest BCUT2D eigenvalue weighted by Crippen LogP contribution is -2.18. The number of rotatable bonds is 4. The standard InChI is InChI=1S/C16H16ClN3O3/c17-12-7-9(3-4-13(12)20-5-1-2-6-20)14(21)10-8-11(10)15-18-16(22)23-19-15/h3-4,7,10-11H,1-2,5-6,8H2,(H,18,19,22). The summed E-state index contributed by atoms with van der Waals surface area (Å²) in [6, 6.07) is 5.51. The van der Waals surface area contributed by atoms with Crippen molar-refractivity contribution in [3.8, 4) is 0 Å². The molecule has 0 bridgehead atoms. The van der Waals surface area contributed by atoms with Crippen LogP contribution in [0.1, 0.15) is 41.4 Å². The first-order valence-corrected chi connectivity index (χ1v) is 8.16. The highest BCUT2D eigenvalue weighted by Crippen LogP contribution is 2.48. The van der Waals surface area contributed by atoms with Crippen molar-refractivity contribution in [3.05, 3.63) is 45.2 Å². The van der Waals surface area contributed by atoms with Crippen molar-refractivity contribution >= 4 is 23.1 Å². The lowest BCUT2D eigenvalue weighted by Gasteiger charge is -2.19. The second-order valence-electron chi connectivity index (χ2n) is 6.15. The van der Waals surface area contributed by atoms with Gasteiger partial charge in [-0.05, 0) is 37.5 Å². The Kier molecular flexibility index (Phi) is 3.49. The molecule has 0 radical (unpaired) electrons. The Bertz CT molecular complexity index is 807. The zero-order valence-corrected chi connectivity index (χ0v) is 13.2. The van der Waals surface area contributed by atoms with Crippen molar-refractivity contribution in [2.75, 3.05) is 18.0 Å².